The molecule has 4 rings (SSSR count). The molecule has 160 valence electrons. The SMILES string of the molecule is COCC(=O)N1CCCC[C@H]1c1nc(C)c2c(n1)N(CCc1ccccc1)CCC2. The van der Waals surface area contributed by atoms with Crippen molar-refractivity contribution in [1.82, 2.24) is 14.9 Å². The van der Waals surface area contributed by atoms with E-state index in [4.69, 9.17) is 14.7 Å². The van der Waals surface area contributed by atoms with Crippen LogP contribution in [0.15, 0.2) is 30.3 Å². The van der Waals surface area contributed by atoms with Gasteiger partial charge in [0.25, 0.3) is 0 Å². The molecule has 1 amide bonds. The fourth-order valence-electron chi connectivity index (χ4n) is 4.69. The standard InChI is InChI=1S/C24H32N4O2/c1-18-20-11-8-14-27(16-13-19-9-4-3-5-10-19)24(20)26-23(25-18)21-12-6-7-15-28(21)22(29)17-30-2/h3-5,9-10,21H,6-8,11-17H2,1-2H3/t21-/m0/s1. The van der Waals surface area contributed by atoms with E-state index in [2.05, 4.69) is 42.2 Å². The lowest BCUT2D eigenvalue weighted by Gasteiger charge is -2.36. The molecule has 0 unspecified atom stereocenters. The van der Waals surface area contributed by atoms with Gasteiger partial charge in [0, 0.05) is 38.0 Å². The third-order valence-electron chi connectivity index (χ3n) is 6.27. The minimum absolute atomic E-state index is 0.0297. The molecular weight excluding hydrogens is 376 g/mol. The van der Waals surface area contributed by atoms with Gasteiger partial charge in [0.2, 0.25) is 5.91 Å². The Morgan fingerprint density at radius 2 is 1.97 bits per heavy atom. The number of amides is 1. The molecule has 1 saturated heterocycles. The molecule has 0 aliphatic carbocycles. The van der Waals surface area contributed by atoms with Crippen molar-refractivity contribution < 1.29 is 9.53 Å². The molecule has 1 aromatic heterocycles. The number of methoxy groups -OCH3 is 1. The van der Waals surface area contributed by atoms with Crippen molar-refractivity contribution in [2.75, 3.05) is 38.3 Å². The first kappa shape index (κ1) is 20.8. The van der Waals surface area contributed by atoms with Gasteiger partial charge in [0.05, 0.1) is 6.04 Å². The summed E-state index contributed by atoms with van der Waals surface area (Å²) in [7, 11) is 1.57. The Balaban J connectivity index is 1.60. The number of likely N-dealkylation sites (tertiary alicyclic amines) is 1. The Hall–Kier alpha value is -2.47. The molecule has 0 N–H and O–H groups in total. The number of carbonyl (C=O) groups excluding carboxylic acids is 1. The van der Waals surface area contributed by atoms with Gasteiger partial charge >= 0.3 is 0 Å². The predicted molar refractivity (Wildman–Crippen MR) is 118 cm³/mol. The summed E-state index contributed by atoms with van der Waals surface area (Å²) in [5, 5.41) is 0. The van der Waals surface area contributed by atoms with Gasteiger partial charge < -0.3 is 14.5 Å². The maximum atomic E-state index is 12.6. The minimum atomic E-state index is -0.0525. The van der Waals surface area contributed by atoms with Gasteiger partial charge in [0.15, 0.2) is 5.82 Å². The molecule has 3 heterocycles. The zero-order chi connectivity index (χ0) is 20.9. The molecule has 2 aliphatic heterocycles. The zero-order valence-corrected chi connectivity index (χ0v) is 18.1. The van der Waals surface area contributed by atoms with Crippen LogP contribution in [-0.4, -0.2) is 54.1 Å². The number of nitrogens with zero attached hydrogens (tertiary/aromatic N) is 4. The molecular formula is C24H32N4O2. The Morgan fingerprint density at radius 1 is 1.13 bits per heavy atom. The van der Waals surface area contributed by atoms with Crippen molar-refractivity contribution in [2.24, 2.45) is 0 Å². The van der Waals surface area contributed by atoms with Gasteiger partial charge in [-0.05, 0) is 51.0 Å². The van der Waals surface area contributed by atoms with E-state index >= 15 is 0 Å². The molecule has 0 radical (unpaired) electrons. The number of fused-ring (bicyclic) bond motifs is 1. The number of carbonyl (C=O) groups is 1. The van der Waals surface area contributed by atoms with E-state index < -0.39 is 0 Å². The number of hydrogen-bond donors (Lipinski definition) is 0. The Kier molecular flexibility index (Phi) is 6.62. The smallest absolute Gasteiger partial charge is 0.249 e. The molecule has 1 atom stereocenters. The number of rotatable bonds is 6. The van der Waals surface area contributed by atoms with E-state index in [1.807, 2.05) is 4.90 Å². The summed E-state index contributed by atoms with van der Waals surface area (Å²) in [6, 6.07) is 10.6. The highest BCUT2D eigenvalue weighted by molar-refractivity contribution is 5.78. The lowest BCUT2D eigenvalue weighted by atomic mass is 9.99. The third kappa shape index (κ3) is 4.48. The Morgan fingerprint density at radius 3 is 2.77 bits per heavy atom. The molecule has 0 spiro atoms. The number of benzene rings is 1. The van der Waals surface area contributed by atoms with Crippen LogP contribution in [0.4, 0.5) is 5.82 Å². The first-order valence-electron chi connectivity index (χ1n) is 11.1. The molecule has 0 saturated carbocycles. The van der Waals surface area contributed by atoms with E-state index in [-0.39, 0.29) is 18.6 Å². The Bertz CT molecular complexity index is 871. The van der Waals surface area contributed by atoms with E-state index in [1.165, 1.54) is 11.1 Å². The van der Waals surface area contributed by atoms with E-state index in [0.29, 0.717) is 0 Å². The third-order valence-corrected chi connectivity index (χ3v) is 6.27. The van der Waals surface area contributed by atoms with Crippen molar-refractivity contribution in [3.05, 3.63) is 53.0 Å². The summed E-state index contributed by atoms with van der Waals surface area (Å²) in [5.41, 5.74) is 3.67. The molecule has 6 nitrogen and oxygen atoms in total. The lowest BCUT2D eigenvalue weighted by molar-refractivity contribution is -0.139. The summed E-state index contributed by atoms with van der Waals surface area (Å²) in [6.45, 7) is 4.93. The van der Waals surface area contributed by atoms with Crippen molar-refractivity contribution in [2.45, 2.75) is 51.5 Å². The van der Waals surface area contributed by atoms with Crippen LogP contribution in [0.3, 0.4) is 0 Å². The quantitative estimate of drug-likeness (QED) is 0.732. The van der Waals surface area contributed by atoms with Gasteiger partial charge in [-0.1, -0.05) is 30.3 Å². The second kappa shape index (κ2) is 9.56. The maximum absolute atomic E-state index is 12.6. The van der Waals surface area contributed by atoms with Gasteiger partial charge in [-0.3, -0.25) is 4.79 Å². The van der Waals surface area contributed by atoms with E-state index in [0.717, 1.165) is 75.5 Å². The van der Waals surface area contributed by atoms with Crippen LogP contribution in [-0.2, 0) is 22.4 Å². The van der Waals surface area contributed by atoms with Crippen LogP contribution in [0.2, 0.25) is 0 Å². The summed E-state index contributed by atoms with van der Waals surface area (Å²) >= 11 is 0. The van der Waals surface area contributed by atoms with Crippen LogP contribution in [0.1, 0.15) is 54.4 Å². The number of anilines is 1. The number of piperidine rings is 1. The molecule has 2 aromatic rings. The molecule has 30 heavy (non-hydrogen) atoms. The first-order chi connectivity index (χ1) is 14.7. The number of aromatic nitrogens is 2. The topological polar surface area (TPSA) is 58.6 Å². The molecule has 6 heteroatoms. The van der Waals surface area contributed by atoms with E-state index in [1.54, 1.807) is 7.11 Å². The number of hydrogen-bond acceptors (Lipinski definition) is 5. The van der Waals surface area contributed by atoms with Crippen molar-refractivity contribution >= 4 is 11.7 Å². The maximum Gasteiger partial charge on any atom is 0.249 e. The first-order valence-corrected chi connectivity index (χ1v) is 11.1. The average molecular weight is 409 g/mol. The fraction of sp³-hybridized carbons (Fsp3) is 0.542. The normalized spacial score (nSPS) is 18.9. The highest BCUT2D eigenvalue weighted by Crippen LogP contribution is 2.33. The highest BCUT2D eigenvalue weighted by atomic mass is 16.5. The van der Waals surface area contributed by atoms with Crippen molar-refractivity contribution in [3.63, 3.8) is 0 Å². The van der Waals surface area contributed by atoms with Crippen LogP contribution < -0.4 is 4.90 Å². The van der Waals surface area contributed by atoms with Gasteiger partial charge in [-0.2, -0.15) is 0 Å². The fourth-order valence-corrected chi connectivity index (χ4v) is 4.69. The van der Waals surface area contributed by atoms with Gasteiger partial charge in [-0.15, -0.1) is 0 Å². The predicted octanol–water partition coefficient (Wildman–Crippen LogP) is 3.48. The number of ether oxygens (including phenoxy) is 1. The summed E-state index contributed by atoms with van der Waals surface area (Å²) in [6.07, 6.45) is 6.20. The molecule has 1 fully saturated rings. The largest absolute Gasteiger partial charge is 0.375 e. The van der Waals surface area contributed by atoms with Crippen molar-refractivity contribution in [1.29, 1.82) is 0 Å². The average Bonchev–Trinajstić information content (AvgIpc) is 2.78. The molecule has 2 aliphatic rings. The van der Waals surface area contributed by atoms with Crippen LogP contribution >= 0.6 is 0 Å². The second-order valence-electron chi connectivity index (χ2n) is 8.33. The zero-order valence-electron chi connectivity index (χ0n) is 18.1. The Labute approximate surface area is 179 Å². The minimum Gasteiger partial charge on any atom is -0.375 e. The summed E-state index contributed by atoms with van der Waals surface area (Å²) in [5.74, 6) is 1.90. The van der Waals surface area contributed by atoms with Crippen LogP contribution in [0.5, 0.6) is 0 Å². The van der Waals surface area contributed by atoms with Gasteiger partial charge in [0.1, 0.15) is 12.4 Å². The molecule has 0 bridgehead atoms. The summed E-state index contributed by atoms with van der Waals surface area (Å²) < 4.78 is 5.11. The van der Waals surface area contributed by atoms with Gasteiger partial charge in [-0.25, -0.2) is 9.97 Å². The lowest BCUT2D eigenvalue weighted by Crippen LogP contribution is -2.41. The van der Waals surface area contributed by atoms with Crippen LogP contribution in [0, 0.1) is 6.92 Å². The van der Waals surface area contributed by atoms with Crippen molar-refractivity contribution in [3.8, 4) is 0 Å². The molecule has 1 aromatic carbocycles. The number of aryl methyl sites for hydroxylation is 1. The highest BCUT2D eigenvalue weighted by Gasteiger charge is 2.32. The second-order valence-corrected chi connectivity index (χ2v) is 8.33. The van der Waals surface area contributed by atoms with Crippen LogP contribution in [0.25, 0.3) is 0 Å². The monoisotopic (exact) mass is 408 g/mol. The van der Waals surface area contributed by atoms with E-state index in [9.17, 15) is 4.79 Å². The summed E-state index contributed by atoms with van der Waals surface area (Å²) in [4.78, 5) is 26.9.